The van der Waals surface area contributed by atoms with Crippen LogP contribution in [0.15, 0.2) is 29.4 Å². The Hall–Kier alpha value is -1.53. The molecule has 0 bridgehead atoms. The molecule has 6 heteroatoms. The molecule has 0 atom stereocenters. The summed E-state index contributed by atoms with van der Waals surface area (Å²) in [7, 11) is 1.61. The van der Waals surface area contributed by atoms with Gasteiger partial charge in [-0.1, -0.05) is 12.1 Å². The minimum Gasteiger partial charge on any atom is -0.383 e. The molecular formula is C11H14FN3OS. The van der Waals surface area contributed by atoms with Crippen LogP contribution in [0.4, 0.5) is 4.39 Å². The van der Waals surface area contributed by atoms with Crippen molar-refractivity contribution in [1.29, 1.82) is 0 Å². The van der Waals surface area contributed by atoms with Gasteiger partial charge in [-0.15, -0.1) is 0 Å². The smallest absolute Gasteiger partial charge is 0.187 e. The lowest BCUT2D eigenvalue weighted by Gasteiger charge is -2.05. The summed E-state index contributed by atoms with van der Waals surface area (Å²) in [5.41, 5.74) is 3.29. The van der Waals surface area contributed by atoms with E-state index in [4.69, 9.17) is 17.0 Å². The van der Waals surface area contributed by atoms with Crippen molar-refractivity contribution in [2.75, 3.05) is 20.3 Å². The minimum absolute atomic E-state index is 0.297. The molecule has 0 aliphatic heterocycles. The Morgan fingerprint density at radius 1 is 1.59 bits per heavy atom. The molecule has 0 saturated carbocycles. The second-order valence-electron chi connectivity index (χ2n) is 3.17. The Morgan fingerprint density at radius 3 is 3.12 bits per heavy atom. The molecule has 0 radical (unpaired) electrons. The first-order chi connectivity index (χ1) is 8.22. The van der Waals surface area contributed by atoms with Gasteiger partial charge in [0.1, 0.15) is 5.82 Å². The van der Waals surface area contributed by atoms with Crippen molar-refractivity contribution < 1.29 is 9.13 Å². The van der Waals surface area contributed by atoms with Crippen molar-refractivity contribution in [3.05, 3.63) is 35.6 Å². The Morgan fingerprint density at radius 2 is 2.41 bits per heavy atom. The van der Waals surface area contributed by atoms with Gasteiger partial charge in [0, 0.05) is 13.7 Å². The summed E-state index contributed by atoms with van der Waals surface area (Å²) >= 11 is 4.94. The number of hydrogen-bond acceptors (Lipinski definition) is 3. The Bertz CT molecular complexity index is 398. The molecule has 0 fully saturated rings. The summed E-state index contributed by atoms with van der Waals surface area (Å²) in [6, 6.07) is 6.12. The van der Waals surface area contributed by atoms with E-state index in [9.17, 15) is 4.39 Å². The molecule has 4 nitrogen and oxygen atoms in total. The fraction of sp³-hybridized carbons (Fsp3) is 0.273. The average molecular weight is 255 g/mol. The number of nitrogens with one attached hydrogen (secondary N) is 2. The highest BCUT2D eigenvalue weighted by molar-refractivity contribution is 7.80. The Balaban J connectivity index is 2.32. The molecule has 1 aromatic carbocycles. The zero-order chi connectivity index (χ0) is 12.5. The fourth-order valence-corrected chi connectivity index (χ4v) is 1.21. The molecule has 17 heavy (non-hydrogen) atoms. The normalized spacial score (nSPS) is 10.5. The highest BCUT2D eigenvalue weighted by Gasteiger charge is 1.92. The number of benzene rings is 1. The summed E-state index contributed by atoms with van der Waals surface area (Å²) in [5.74, 6) is -0.297. The summed E-state index contributed by atoms with van der Waals surface area (Å²) in [6.07, 6.45) is 1.49. The highest BCUT2D eigenvalue weighted by atomic mass is 32.1. The van der Waals surface area contributed by atoms with Gasteiger partial charge in [0.25, 0.3) is 0 Å². The number of nitrogens with zero attached hydrogens (tertiary/aromatic N) is 1. The largest absolute Gasteiger partial charge is 0.383 e. The van der Waals surface area contributed by atoms with Crippen LogP contribution in [0.3, 0.4) is 0 Å². The molecule has 2 N–H and O–H groups in total. The van der Waals surface area contributed by atoms with Gasteiger partial charge in [-0.2, -0.15) is 5.10 Å². The van der Waals surface area contributed by atoms with Gasteiger partial charge in [-0.3, -0.25) is 5.43 Å². The van der Waals surface area contributed by atoms with Crippen molar-refractivity contribution >= 4 is 23.5 Å². The van der Waals surface area contributed by atoms with Gasteiger partial charge in [-0.25, -0.2) is 4.39 Å². The van der Waals surface area contributed by atoms with Crippen LogP contribution in [0.2, 0.25) is 0 Å². The van der Waals surface area contributed by atoms with Crippen LogP contribution >= 0.6 is 12.2 Å². The SMILES string of the molecule is COCCNC(=S)N/N=C\c1cccc(F)c1. The van der Waals surface area contributed by atoms with Gasteiger partial charge in [-0.05, 0) is 29.9 Å². The van der Waals surface area contributed by atoms with Crippen molar-refractivity contribution in [1.82, 2.24) is 10.7 Å². The maximum atomic E-state index is 12.8. The quantitative estimate of drug-likeness (QED) is 0.360. The average Bonchev–Trinajstić information content (AvgIpc) is 2.29. The summed E-state index contributed by atoms with van der Waals surface area (Å²) < 4.78 is 17.7. The number of hydrazone groups is 1. The van der Waals surface area contributed by atoms with Gasteiger partial charge in [0.05, 0.1) is 12.8 Å². The zero-order valence-electron chi connectivity index (χ0n) is 9.44. The maximum Gasteiger partial charge on any atom is 0.187 e. The van der Waals surface area contributed by atoms with E-state index >= 15 is 0 Å². The molecular weight excluding hydrogens is 241 g/mol. The first-order valence-corrected chi connectivity index (χ1v) is 5.44. The van der Waals surface area contributed by atoms with E-state index in [-0.39, 0.29) is 5.82 Å². The highest BCUT2D eigenvalue weighted by Crippen LogP contribution is 1.99. The van der Waals surface area contributed by atoms with Crippen LogP contribution < -0.4 is 10.7 Å². The molecule has 1 rings (SSSR count). The molecule has 0 heterocycles. The van der Waals surface area contributed by atoms with Crippen LogP contribution in [0, 0.1) is 5.82 Å². The van der Waals surface area contributed by atoms with E-state index < -0.39 is 0 Å². The summed E-state index contributed by atoms with van der Waals surface area (Å²) in [6.45, 7) is 1.17. The van der Waals surface area contributed by atoms with Crippen molar-refractivity contribution in [2.24, 2.45) is 5.10 Å². The number of rotatable bonds is 5. The van der Waals surface area contributed by atoms with Crippen molar-refractivity contribution in [3.8, 4) is 0 Å². The summed E-state index contributed by atoms with van der Waals surface area (Å²) in [5, 5.41) is 7.16. The molecule has 0 aliphatic rings. The lowest BCUT2D eigenvalue weighted by Crippen LogP contribution is -2.34. The van der Waals surface area contributed by atoms with Gasteiger partial charge in [0.15, 0.2) is 5.11 Å². The molecule has 0 aromatic heterocycles. The second kappa shape index (κ2) is 7.70. The Kier molecular flexibility index (Phi) is 6.13. The third kappa shape index (κ3) is 5.94. The third-order valence-corrected chi connectivity index (χ3v) is 2.06. The van der Waals surface area contributed by atoms with E-state index in [0.29, 0.717) is 23.8 Å². The summed E-state index contributed by atoms with van der Waals surface area (Å²) in [4.78, 5) is 0. The van der Waals surface area contributed by atoms with Crippen LogP contribution in [0.5, 0.6) is 0 Å². The molecule has 0 amide bonds. The number of halogens is 1. The first-order valence-electron chi connectivity index (χ1n) is 5.04. The number of methoxy groups -OCH3 is 1. The van der Waals surface area contributed by atoms with E-state index in [1.165, 1.54) is 18.3 Å². The fourth-order valence-electron chi connectivity index (χ4n) is 1.06. The van der Waals surface area contributed by atoms with E-state index in [1.54, 1.807) is 19.2 Å². The molecule has 0 saturated heterocycles. The lowest BCUT2D eigenvalue weighted by molar-refractivity contribution is 0.204. The second-order valence-corrected chi connectivity index (χ2v) is 3.58. The minimum atomic E-state index is -0.297. The molecule has 0 unspecified atom stereocenters. The van der Waals surface area contributed by atoms with Gasteiger partial charge in [0.2, 0.25) is 0 Å². The van der Waals surface area contributed by atoms with Gasteiger partial charge >= 0.3 is 0 Å². The Labute approximate surface area is 105 Å². The standard InChI is InChI=1S/C11H14FN3OS/c1-16-6-5-13-11(17)15-14-8-9-3-2-4-10(12)7-9/h2-4,7-8H,5-6H2,1H3,(H2,13,15,17)/b14-8-. The third-order valence-electron chi connectivity index (χ3n) is 1.82. The monoisotopic (exact) mass is 255 g/mol. The van der Waals surface area contributed by atoms with E-state index in [2.05, 4.69) is 15.8 Å². The van der Waals surface area contributed by atoms with Crippen LogP contribution in [0.25, 0.3) is 0 Å². The lowest BCUT2D eigenvalue weighted by atomic mass is 10.2. The maximum absolute atomic E-state index is 12.8. The molecule has 1 aromatic rings. The van der Waals surface area contributed by atoms with Gasteiger partial charge < -0.3 is 10.1 Å². The first kappa shape index (κ1) is 13.5. The number of hydrogen-bond donors (Lipinski definition) is 2. The van der Waals surface area contributed by atoms with Crippen molar-refractivity contribution in [2.45, 2.75) is 0 Å². The topological polar surface area (TPSA) is 45.6 Å². The predicted molar refractivity (Wildman–Crippen MR) is 69.6 cm³/mol. The molecule has 92 valence electrons. The van der Waals surface area contributed by atoms with Crippen LogP contribution in [0.1, 0.15) is 5.56 Å². The van der Waals surface area contributed by atoms with Crippen LogP contribution in [-0.2, 0) is 4.74 Å². The predicted octanol–water partition coefficient (Wildman–Crippen LogP) is 1.27. The van der Waals surface area contributed by atoms with Crippen molar-refractivity contribution in [3.63, 3.8) is 0 Å². The molecule has 0 spiro atoms. The zero-order valence-corrected chi connectivity index (χ0v) is 10.3. The van der Waals surface area contributed by atoms with Crippen LogP contribution in [-0.4, -0.2) is 31.6 Å². The number of ether oxygens (including phenoxy) is 1. The van der Waals surface area contributed by atoms with E-state index in [1.807, 2.05) is 0 Å². The van der Waals surface area contributed by atoms with E-state index in [0.717, 1.165) is 0 Å². The molecule has 0 aliphatic carbocycles. The number of thiocarbonyl (C=S) groups is 1.